The van der Waals surface area contributed by atoms with Crippen LogP contribution in [-0.2, 0) is 28.8 Å². The highest BCUT2D eigenvalue weighted by atomic mass is 16.2. The monoisotopic (exact) mass is 528 g/mol. The number of nitrogens with one attached hydrogen (secondary N) is 5. The SMILES string of the molecule is CC(=O)N[C@@H](CCCCN)C(=O)N[C@@H](C)C(=O)N[C@@H](C)C(=O)N[C@@H](C)C(=O)N[C@@H](CCCCN)C(N)=O. The first-order valence-corrected chi connectivity index (χ1v) is 12.5. The van der Waals surface area contributed by atoms with Crippen LogP contribution in [0.15, 0.2) is 0 Å². The Morgan fingerprint density at radius 1 is 0.568 bits per heavy atom. The second-order valence-corrected chi connectivity index (χ2v) is 8.98. The molecule has 0 aliphatic rings. The predicted molar refractivity (Wildman–Crippen MR) is 137 cm³/mol. The van der Waals surface area contributed by atoms with Gasteiger partial charge in [0.25, 0.3) is 0 Å². The van der Waals surface area contributed by atoms with Crippen LogP contribution >= 0.6 is 0 Å². The van der Waals surface area contributed by atoms with Crippen molar-refractivity contribution in [1.82, 2.24) is 26.6 Å². The number of hydrogen-bond donors (Lipinski definition) is 8. The quantitative estimate of drug-likeness (QED) is 0.0864. The van der Waals surface area contributed by atoms with Crippen LogP contribution in [0.25, 0.3) is 0 Å². The first-order valence-electron chi connectivity index (χ1n) is 12.5. The Hall–Kier alpha value is -3.26. The van der Waals surface area contributed by atoms with Crippen molar-refractivity contribution < 1.29 is 28.8 Å². The molecule has 0 aliphatic carbocycles. The molecule has 6 amide bonds. The van der Waals surface area contributed by atoms with E-state index in [1.165, 1.54) is 27.7 Å². The topological polar surface area (TPSA) is 241 Å². The maximum absolute atomic E-state index is 12.5. The van der Waals surface area contributed by atoms with E-state index in [2.05, 4.69) is 26.6 Å². The van der Waals surface area contributed by atoms with Gasteiger partial charge >= 0.3 is 0 Å². The van der Waals surface area contributed by atoms with Crippen LogP contribution in [0.2, 0.25) is 0 Å². The highest BCUT2D eigenvalue weighted by Crippen LogP contribution is 2.03. The fourth-order valence-electron chi connectivity index (χ4n) is 3.27. The molecule has 11 N–H and O–H groups in total. The summed E-state index contributed by atoms with van der Waals surface area (Å²) in [4.78, 5) is 73.0. The van der Waals surface area contributed by atoms with Crippen molar-refractivity contribution in [3.05, 3.63) is 0 Å². The second-order valence-electron chi connectivity index (χ2n) is 8.98. The zero-order chi connectivity index (χ0) is 28.5. The molecule has 0 saturated carbocycles. The highest BCUT2D eigenvalue weighted by molar-refractivity contribution is 5.95. The molecule has 37 heavy (non-hydrogen) atoms. The number of unbranched alkanes of at least 4 members (excludes halogenated alkanes) is 2. The van der Waals surface area contributed by atoms with Gasteiger partial charge in [-0.15, -0.1) is 0 Å². The maximum atomic E-state index is 12.5. The molecule has 5 atom stereocenters. The molecule has 14 heteroatoms. The van der Waals surface area contributed by atoms with E-state index in [1.54, 1.807) is 0 Å². The summed E-state index contributed by atoms with van der Waals surface area (Å²) in [7, 11) is 0. The lowest BCUT2D eigenvalue weighted by molar-refractivity contribution is -0.134. The third-order valence-electron chi connectivity index (χ3n) is 5.50. The molecule has 0 fully saturated rings. The van der Waals surface area contributed by atoms with Crippen LogP contribution in [0, 0.1) is 0 Å². The van der Waals surface area contributed by atoms with E-state index in [-0.39, 0.29) is 5.91 Å². The van der Waals surface area contributed by atoms with Crippen LogP contribution in [0.5, 0.6) is 0 Å². The van der Waals surface area contributed by atoms with Crippen molar-refractivity contribution in [2.45, 2.75) is 96.4 Å². The van der Waals surface area contributed by atoms with E-state index in [0.717, 1.165) is 0 Å². The lowest BCUT2D eigenvalue weighted by Crippen LogP contribution is -2.57. The minimum atomic E-state index is -1.03. The molecular weight excluding hydrogens is 484 g/mol. The van der Waals surface area contributed by atoms with E-state index in [9.17, 15) is 28.8 Å². The Kier molecular flexibility index (Phi) is 16.5. The number of carbonyl (C=O) groups is 6. The molecule has 0 aromatic heterocycles. The summed E-state index contributed by atoms with van der Waals surface area (Å²) in [5.41, 5.74) is 16.2. The summed E-state index contributed by atoms with van der Waals surface area (Å²) >= 11 is 0. The van der Waals surface area contributed by atoms with E-state index in [4.69, 9.17) is 17.2 Å². The third-order valence-corrected chi connectivity index (χ3v) is 5.50. The highest BCUT2D eigenvalue weighted by Gasteiger charge is 2.27. The van der Waals surface area contributed by atoms with Gasteiger partial charge in [0, 0.05) is 6.92 Å². The molecule has 0 bridgehead atoms. The Balaban J connectivity index is 4.83. The van der Waals surface area contributed by atoms with Gasteiger partial charge < -0.3 is 43.8 Å². The average molecular weight is 529 g/mol. The molecule has 0 aliphatic heterocycles. The Morgan fingerprint density at radius 3 is 1.32 bits per heavy atom. The molecular formula is C23H44N8O6. The lowest BCUT2D eigenvalue weighted by Gasteiger charge is -2.23. The van der Waals surface area contributed by atoms with Crippen molar-refractivity contribution >= 4 is 35.4 Å². The van der Waals surface area contributed by atoms with Gasteiger partial charge in [0.2, 0.25) is 35.4 Å². The normalized spacial score (nSPS) is 14.8. The largest absolute Gasteiger partial charge is 0.368 e. The standard InChI is InChI=1S/C23H44N8O6/c1-13(20(34)28-15(3)22(36)31-17(19(26)33)9-5-7-11-24)27-21(35)14(2)29-23(37)18(30-16(4)32)10-6-8-12-25/h13-15,17-18H,5-12,24-25H2,1-4H3,(H2,26,33)(H,27,35)(H,28,34)(H,29,37)(H,30,32)(H,31,36)/t13-,14-,15-,17-,18-/m0/s1. The number of rotatable bonds is 18. The van der Waals surface area contributed by atoms with Crippen LogP contribution in [0.4, 0.5) is 0 Å². The fraction of sp³-hybridized carbons (Fsp3) is 0.739. The summed E-state index contributed by atoms with van der Waals surface area (Å²) in [6, 6.07) is -4.75. The zero-order valence-corrected chi connectivity index (χ0v) is 22.2. The molecule has 0 saturated heterocycles. The number of primary amides is 1. The molecule has 212 valence electrons. The van der Waals surface area contributed by atoms with Gasteiger partial charge in [0.05, 0.1) is 0 Å². The van der Waals surface area contributed by atoms with Crippen molar-refractivity contribution in [2.24, 2.45) is 17.2 Å². The van der Waals surface area contributed by atoms with Crippen LogP contribution in [0.3, 0.4) is 0 Å². The summed E-state index contributed by atoms with van der Waals surface area (Å²) in [5, 5.41) is 12.5. The summed E-state index contributed by atoms with van der Waals surface area (Å²) in [6.45, 7) is 6.47. The number of amides is 6. The maximum Gasteiger partial charge on any atom is 0.243 e. The third kappa shape index (κ3) is 14.2. The summed E-state index contributed by atoms with van der Waals surface area (Å²) < 4.78 is 0. The molecule has 14 nitrogen and oxygen atoms in total. The average Bonchev–Trinajstić information content (AvgIpc) is 2.82. The molecule has 0 aromatic rings. The Bertz CT molecular complexity index is 793. The van der Waals surface area contributed by atoms with Crippen molar-refractivity contribution in [2.75, 3.05) is 13.1 Å². The van der Waals surface area contributed by atoms with Gasteiger partial charge in [-0.3, -0.25) is 28.8 Å². The van der Waals surface area contributed by atoms with Crippen molar-refractivity contribution in [3.63, 3.8) is 0 Å². The van der Waals surface area contributed by atoms with Gasteiger partial charge in [-0.05, 0) is 72.4 Å². The van der Waals surface area contributed by atoms with Gasteiger partial charge in [0.15, 0.2) is 0 Å². The van der Waals surface area contributed by atoms with E-state index in [1.807, 2.05) is 0 Å². The Morgan fingerprint density at radius 2 is 0.946 bits per heavy atom. The van der Waals surface area contributed by atoms with Gasteiger partial charge in [0.1, 0.15) is 30.2 Å². The zero-order valence-electron chi connectivity index (χ0n) is 22.2. The second kappa shape index (κ2) is 18.1. The predicted octanol–water partition coefficient (Wildman–Crippen LogP) is -2.77. The molecule has 0 rings (SSSR count). The molecule has 0 aromatic carbocycles. The van der Waals surface area contributed by atoms with Gasteiger partial charge in [-0.25, -0.2) is 0 Å². The number of hydrogen-bond acceptors (Lipinski definition) is 8. The van der Waals surface area contributed by atoms with Crippen molar-refractivity contribution in [3.8, 4) is 0 Å². The van der Waals surface area contributed by atoms with Gasteiger partial charge in [-0.2, -0.15) is 0 Å². The number of nitrogens with two attached hydrogens (primary N) is 3. The molecule has 0 radical (unpaired) electrons. The fourth-order valence-corrected chi connectivity index (χ4v) is 3.27. The molecule has 0 spiro atoms. The van der Waals surface area contributed by atoms with Crippen LogP contribution in [-0.4, -0.2) is 78.7 Å². The smallest absolute Gasteiger partial charge is 0.243 e. The number of carbonyl (C=O) groups excluding carboxylic acids is 6. The van der Waals surface area contributed by atoms with E-state index >= 15 is 0 Å². The summed E-state index contributed by atoms with van der Waals surface area (Å²) in [6.07, 6.45) is 3.25. The lowest BCUT2D eigenvalue weighted by atomic mass is 10.1. The minimum Gasteiger partial charge on any atom is -0.368 e. The molecule has 0 unspecified atom stereocenters. The first kappa shape index (κ1) is 33.7. The van der Waals surface area contributed by atoms with E-state index < -0.39 is 59.7 Å². The van der Waals surface area contributed by atoms with Crippen molar-refractivity contribution in [1.29, 1.82) is 0 Å². The van der Waals surface area contributed by atoms with Crippen LogP contribution < -0.4 is 43.8 Å². The Labute approximate surface area is 218 Å². The molecule has 0 heterocycles. The first-order chi connectivity index (χ1) is 17.3. The van der Waals surface area contributed by atoms with Gasteiger partial charge in [-0.1, -0.05) is 0 Å². The van der Waals surface area contributed by atoms with Crippen LogP contribution in [0.1, 0.15) is 66.2 Å². The summed E-state index contributed by atoms with van der Waals surface area (Å²) in [5.74, 6) is -3.50. The minimum absolute atomic E-state index is 0.324. The van der Waals surface area contributed by atoms with E-state index in [0.29, 0.717) is 51.6 Å².